The first-order valence-electron chi connectivity index (χ1n) is 7.34. The van der Waals surface area contributed by atoms with Gasteiger partial charge in [0.25, 0.3) is 0 Å². The highest BCUT2D eigenvalue weighted by molar-refractivity contribution is 5.45. The number of hydrogen-bond donors (Lipinski definition) is 2. The molecule has 1 aromatic carbocycles. The van der Waals surface area contributed by atoms with Crippen molar-refractivity contribution in [2.24, 2.45) is 5.92 Å². The van der Waals surface area contributed by atoms with Gasteiger partial charge >= 0.3 is 0 Å². The van der Waals surface area contributed by atoms with Crippen molar-refractivity contribution in [3.05, 3.63) is 23.8 Å². The predicted molar refractivity (Wildman–Crippen MR) is 77.5 cm³/mol. The Bertz CT molecular complexity index is 406. The van der Waals surface area contributed by atoms with Crippen LogP contribution in [0.3, 0.4) is 0 Å². The summed E-state index contributed by atoms with van der Waals surface area (Å²) in [5.74, 6) is 1.60. The van der Waals surface area contributed by atoms with Crippen molar-refractivity contribution >= 4 is 0 Å². The van der Waals surface area contributed by atoms with Crippen LogP contribution in [-0.4, -0.2) is 18.3 Å². The Morgan fingerprint density at radius 2 is 2.11 bits per heavy atom. The molecule has 19 heavy (non-hydrogen) atoms. The van der Waals surface area contributed by atoms with Crippen LogP contribution in [0.15, 0.2) is 18.2 Å². The maximum absolute atomic E-state index is 10.1. The number of aromatic hydroxyl groups is 1. The van der Waals surface area contributed by atoms with Gasteiger partial charge in [0.2, 0.25) is 0 Å². The normalized spacial score (nSPS) is 23.3. The molecule has 1 aromatic rings. The zero-order valence-electron chi connectivity index (χ0n) is 12.0. The van der Waals surface area contributed by atoms with Crippen molar-refractivity contribution in [3.8, 4) is 11.5 Å². The largest absolute Gasteiger partial charge is 0.504 e. The number of hydrogen-bond acceptors (Lipinski definition) is 3. The first-order chi connectivity index (χ1) is 9.26. The van der Waals surface area contributed by atoms with E-state index < -0.39 is 0 Å². The number of rotatable bonds is 5. The summed E-state index contributed by atoms with van der Waals surface area (Å²) in [5, 5.41) is 13.7. The predicted octanol–water partition coefficient (Wildman–Crippen LogP) is 3.46. The molecular formula is C16H25NO2. The van der Waals surface area contributed by atoms with Crippen LogP contribution in [0.2, 0.25) is 0 Å². The topological polar surface area (TPSA) is 41.5 Å². The van der Waals surface area contributed by atoms with Gasteiger partial charge in [-0.3, -0.25) is 0 Å². The first kappa shape index (κ1) is 14.2. The number of phenols is 1. The Labute approximate surface area is 116 Å². The second kappa shape index (κ2) is 6.80. The molecule has 2 atom stereocenters. The maximum Gasteiger partial charge on any atom is 0.162 e. The molecule has 0 spiro atoms. The SMILES string of the molecule is CCC1CCCCC1NCc1cccc(OC)c1O. The Kier molecular flexibility index (Phi) is 5.08. The van der Waals surface area contributed by atoms with E-state index in [1.54, 1.807) is 13.2 Å². The van der Waals surface area contributed by atoms with Gasteiger partial charge in [-0.15, -0.1) is 0 Å². The van der Waals surface area contributed by atoms with Crippen LogP contribution in [0.25, 0.3) is 0 Å². The van der Waals surface area contributed by atoms with Gasteiger partial charge in [-0.2, -0.15) is 0 Å². The molecule has 106 valence electrons. The lowest BCUT2D eigenvalue weighted by Crippen LogP contribution is -2.37. The van der Waals surface area contributed by atoms with Crippen molar-refractivity contribution < 1.29 is 9.84 Å². The third kappa shape index (κ3) is 3.41. The molecule has 0 amide bonds. The zero-order valence-corrected chi connectivity index (χ0v) is 12.0. The van der Waals surface area contributed by atoms with Gasteiger partial charge in [-0.05, 0) is 24.8 Å². The van der Waals surface area contributed by atoms with Crippen LogP contribution in [0.1, 0.15) is 44.6 Å². The first-order valence-corrected chi connectivity index (χ1v) is 7.34. The van der Waals surface area contributed by atoms with Gasteiger partial charge in [-0.1, -0.05) is 38.3 Å². The van der Waals surface area contributed by atoms with E-state index in [1.807, 2.05) is 12.1 Å². The van der Waals surface area contributed by atoms with Crippen molar-refractivity contribution in [2.45, 2.75) is 51.6 Å². The molecule has 1 aliphatic carbocycles. The summed E-state index contributed by atoms with van der Waals surface area (Å²) in [6.07, 6.45) is 6.50. The number of benzene rings is 1. The molecule has 0 bridgehead atoms. The number of nitrogens with one attached hydrogen (secondary N) is 1. The van der Waals surface area contributed by atoms with E-state index in [-0.39, 0.29) is 5.75 Å². The van der Waals surface area contributed by atoms with Crippen LogP contribution < -0.4 is 10.1 Å². The lowest BCUT2D eigenvalue weighted by molar-refractivity contribution is 0.253. The Morgan fingerprint density at radius 3 is 2.84 bits per heavy atom. The lowest BCUT2D eigenvalue weighted by atomic mass is 9.83. The minimum Gasteiger partial charge on any atom is -0.504 e. The van der Waals surface area contributed by atoms with Gasteiger partial charge in [0, 0.05) is 18.2 Å². The van der Waals surface area contributed by atoms with Crippen LogP contribution in [0.4, 0.5) is 0 Å². The molecule has 2 N–H and O–H groups in total. The molecule has 1 aliphatic rings. The fourth-order valence-corrected chi connectivity index (χ4v) is 3.08. The molecule has 0 radical (unpaired) electrons. The summed E-state index contributed by atoms with van der Waals surface area (Å²) < 4.78 is 5.14. The summed E-state index contributed by atoms with van der Waals surface area (Å²) in [4.78, 5) is 0. The van der Waals surface area contributed by atoms with Crippen molar-refractivity contribution in [2.75, 3.05) is 7.11 Å². The Hall–Kier alpha value is -1.22. The number of para-hydroxylation sites is 1. The Balaban J connectivity index is 1.98. The van der Waals surface area contributed by atoms with Crippen LogP contribution in [-0.2, 0) is 6.54 Å². The number of ether oxygens (including phenoxy) is 1. The van der Waals surface area contributed by atoms with Gasteiger partial charge < -0.3 is 15.2 Å². The third-order valence-electron chi connectivity index (χ3n) is 4.29. The lowest BCUT2D eigenvalue weighted by Gasteiger charge is -2.31. The van der Waals surface area contributed by atoms with E-state index >= 15 is 0 Å². The quantitative estimate of drug-likeness (QED) is 0.855. The zero-order chi connectivity index (χ0) is 13.7. The molecule has 3 nitrogen and oxygen atoms in total. The summed E-state index contributed by atoms with van der Waals surface area (Å²) in [6.45, 7) is 2.98. The van der Waals surface area contributed by atoms with Crippen molar-refractivity contribution in [1.29, 1.82) is 0 Å². The highest BCUT2D eigenvalue weighted by Crippen LogP contribution is 2.31. The summed E-state index contributed by atoms with van der Waals surface area (Å²) in [6, 6.07) is 6.25. The van der Waals surface area contributed by atoms with Gasteiger partial charge in [0.05, 0.1) is 7.11 Å². The van der Waals surface area contributed by atoms with Gasteiger partial charge in [-0.25, -0.2) is 0 Å². The number of phenolic OH excluding ortho intramolecular Hbond substituents is 1. The average Bonchev–Trinajstić information content (AvgIpc) is 2.46. The molecule has 0 aliphatic heterocycles. The highest BCUT2D eigenvalue weighted by atomic mass is 16.5. The standard InChI is InChI=1S/C16H25NO2/c1-3-12-7-4-5-9-14(12)17-11-13-8-6-10-15(19-2)16(13)18/h6,8,10,12,14,17-18H,3-5,7,9,11H2,1-2H3. The molecule has 2 unspecified atom stereocenters. The maximum atomic E-state index is 10.1. The van der Waals surface area contributed by atoms with Gasteiger partial charge in [0.1, 0.15) is 0 Å². The highest BCUT2D eigenvalue weighted by Gasteiger charge is 2.23. The second-order valence-corrected chi connectivity index (χ2v) is 5.41. The van der Waals surface area contributed by atoms with Crippen molar-refractivity contribution in [1.82, 2.24) is 5.32 Å². The molecule has 0 aromatic heterocycles. The summed E-state index contributed by atoms with van der Waals surface area (Å²) >= 11 is 0. The minimum atomic E-state index is 0.265. The summed E-state index contributed by atoms with van der Waals surface area (Å²) in [7, 11) is 1.58. The fourth-order valence-electron chi connectivity index (χ4n) is 3.08. The van der Waals surface area contributed by atoms with Gasteiger partial charge in [0.15, 0.2) is 11.5 Å². The van der Waals surface area contributed by atoms with Crippen LogP contribution in [0.5, 0.6) is 11.5 Å². The molecule has 1 fully saturated rings. The summed E-state index contributed by atoms with van der Waals surface area (Å²) in [5.41, 5.74) is 0.916. The molecule has 0 heterocycles. The monoisotopic (exact) mass is 263 g/mol. The molecule has 1 saturated carbocycles. The van der Waals surface area contributed by atoms with E-state index in [0.29, 0.717) is 18.3 Å². The minimum absolute atomic E-state index is 0.265. The van der Waals surface area contributed by atoms with E-state index in [4.69, 9.17) is 4.74 Å². The number of methoxy groups -OCH3 is 1. The molecule has 0 saturated heterocycles. The molecule has 2 rings (SSSR count). The van der Waals surface area contributed by atoms with Crippen LogP contribution >= 0.6 is 0 Å². The van der Waals surface area contributed by atoms with Crippen molar-refractivity contribution in [3.63, 3.8) is 0 Å². The molecular weight excluding hydrogens is 238 g/mol. The van der Waals surface area contributed by atoms with E-state index in [0.717, 1.165) is 11.5 Å². The average molecular weight is 263 g/mol. The van der Waals surface area contributed by atoms with Crippen LogP contribution in [0, 0.1) is 5.92 Å². The van der Waals surface area contributed by atoms with E-state index in [1.165, 1.54) is 32.1 Å². The second-order valence-electron chi connectivity index (χ2n) is 5.41. The van der Waals surface area contributed by atoms with E-state index in [2.05, 4.69) is 12.2 Å². The Morgan fingerprint density at radius 1 is 1.32 bits per heavy atom. The smallest absolute Gasteiger partial charge is 0.162 e. The van der Waals surface area contributed by atoms with E-state index in [9.17, 15) is 5.11 Å². The fraction of sp³-hybridized carbons (Fsp3) is 0.625. The molecule has 3 heteroatoms. The third-order valence-corrected chi connectivity index (χ3v) is 4.29.